The quantitative estimate of drug-likeness (QED) is 0.848. The standard InChI is InChI=1S/C17H22N4O.ClH/c22-17(15-7-4-9-18-15)20-13-16-19-10-12-21(16)11-8-14-5-2-1-3-6-14;/h1-3,5-6,10,12,15,18H,4,7-9,11,13H2,(H,20,22);1H/t15-;/m0./s1. The summed E-state index contributed by atoms with van der Waals surface area (Å²) in [7, 11) is 0. The summed E-state index contributed by atoms with van der Waals surface area (Å²) in [6.45, 7) is 2.29. The van der Waals surface area contributed by atoms with E-state index in [1.54, 1.807) is 6.20 Å². The Labute approximate surface area is 142 Å². The number of hydrogen-bond acceptors (Lipinski definition) is 3. The summed E-state index contributed by atoms with van der Waals surface area (Å²) in [5, 5.41) is 6.19. The summed E-state index contributed by atoms with van der Waals surface area (Å²) in [6.07, 6.45) is 6.72. The predicted octanol–water partition coefficient (Wildman–Crippen LogP) is 1.92. The largest absolute Gasteiger partial charge is 0.348 e. The van der Waals surface area contributed by atoms with Gasteiger partial charge in [-0.3, -0.25) is 4.79 Å². The van der Waals surface area contributed by atoms with Gasteiger partial charge in [0.25, 0.3) is 0 Å². The summed E-state index contributed by atoms with van der Waals surface area (Å²) in [5.74, 6) is 0.984. The number of carbonyl (C=O) groups excluding carboxylic acids is 1. The highest BCUT2D eigenvalue weighted by Gasteiger charge is 2.21. The molecule has 0 saturated carbocycles. The maximum absolute atomic E-state index is 12.0. The lowest BCUT2D eigenvalue weighted by Gasteiger charge is -2.12. The lowest BCUT2D eigenvalue weighted by molar-refractivity contribution is -0.123. The number of nitrogens with zero attached hydrogens (tertiary/aromatic N) is 2. The number of carbonyl (C=O) groups is 1. The first-order valence-electron chi connectivity index (χ1n) is 7.88. The zero-order valence-electron chi connectivity index (χ0n) is 13.1. The number of imidazole rings is 1. The molecule has 0 aliphatic carbocycles. The van der Waals surface area contributed by atoms with Crippen molar-refractivity contribution in [3.63, 3.8) is 0 Å². The number of hydrogen-bond donors (Lipinski definition) is 2. The van der Waals surface area contributed by atoms with Crippen LogP contribution in [0, 0.1) is 0 Å². The lowest BCUT2D eigenvalue weighted by atomic mass is 10.1. The summed E-state index contributed by atoms with van der Waals surface area (Å²) in [6, 6.07) is 10.4. The molecular formula is C17H23ClN4O. The van der Waals surface area contributed by atoms with Gasteiger partial charge in [0.05, 0.1) is 12.6 Å². The van der Waals surface area contributed by atoms with Gasteiger partial charge in [0.15, 0.2) is 0 Å². The zero-order chi connectivity index (χ0) is 15.2. The van der Waals surface area contributed by atoms with Crippen LogP contribution in [0.1, 0.15) is 24.2 Å². The van der Waals surface area contributed by atoms with Crippen molar-refractivity contribution >= 4 is 18.3 Å². The van der Waals surface area contributed by atoms with Gasteiger partial charge in [-0.05, 0) is 31.4 Å². The minimum absolute atomic E-state index is 0. The average Bonchev–Trinajstić information content (AvgIpc) is 3.23. The van der Waals surface area contributed by atoms with E-state index in [0.29, 0.717) is 6.54 Å². The molecule has 2 N–H and O–H groups in total. The first-order chi connectivity index (χ1) is 10.8. The second-order valence-corrected chi connectivity index (χ2v) is 5.64. The molecule has 1 amide bonds. The van der Waals surface area contributed by atoms with Crippen LogP contribution in [0.3, 0.4) is 0 Å². The molecule has 1 saturated heterocycles. The van der Waals surface area contributed by atoms with E-state index >= 15 is 0 Å². The maximum atomic E-state index is 12.0. The maximum Gasteiger partial charge on any atom is 0.237 e. The van der Waals surface area contributed by atoms with Gasteiger partial charge in [-0.15, -0.1) is 12.4 Å². The van der Waals surface area contributed by atoms with Crippen LogP contribution in [-0.4, -0.2) is 28.0 Å². The van der Waals surface area contributed by atoms with Crippen molar-refractivity contribution in [2.24, 2.45) is 0 Å². The summed E-state index contributed by atoms with van der Waals surface area (Å²) < 4.78 is 2.11. The van der Waals surface area contributed by atoms with Gasteiger partial charge in [0, 0.05) is 18.9 Å². The van der Waals surface area contributed by atoms with Gasteiger partial charge in [0.1, 0.15) is 5.82 Å². The van der Waals surface area contributed by atoms with Crippen molar-refractivity contribution < 1.29 is 4.79 Å². The van der Waals surface area contributed by atoms with Gasteiger partial charge < -0.3 is 15.2 Å². The van der Waals surface area contributed by atoms with Crippen molar-refractivity contribution in [1.29, 1.82) is 0 Å². The van der Waals surface area contributed by atoms with E-state index in [-0.39, 0.29) is 24.4 Å². The minimum Gasteiger partial charge on any atom is -0.348 e. The van der Waals surface area contributed by atoms with E-state index in [0.717, 1.165) is 38.2 Å². The van der Waals surface area contributed by atoms with Gasteiger partial charge in [-0.25, -0.2) is 4.98 Å². The second-order valence-electron chi connectivity index (χ2n) is 5.64. The molecule has 0 unspecified atom stereocenters. The van der Waals surface area contributed by atoms with E-state index in [9.17, 15) is 4.79 Å². The van der Waals surface area contributed by atoms with Crippen molar-refractivity contribution in [3.8, 4) is 0 Å². The normalized spacial score (nSPS) is 16.8. The molecule has 3 rings (SSSR count). The molecule has 1 atom stereocenters. The molecule has 2 aromatic rings. The molecule has 0 spiro atoms. The molecule has 1 aliphatic heterocycles. The van der Waals surface area contributed by atoms with Crippen molar-refractivity contribution in [2.45, 2.75) is 38.4 Å². The summed E-state index contributed by atoms with van der Waals surface area (Å²) in [5.41, 5.74) is 1.31. The Hall–Kier alpha value is -1.85. The van der Waals surface area contributed by atoms with Crippen LogP contribution in [-0.2, 0) is 24.3 Å². The summed E-state index contributed by atoms with van der Waals surface area (Å²) in [4.78, 5) is 16.4. The fourth-order valence-corrected chi connectivity index (χ4v) is 2.80. The van der Waals surface area contributed by atoms with Crippen LogP contribution in [0.4, 0.5) is 0 Å². The van der Waals surface area contributed by atoms with Crippen molar-refractivity contribution in [2.75, 3.05) is 6.54 Å². The van der Waals surface area contributed by atoms with E-state index in [2.05, 4.69) is 44.5 Å². The third-order valence-electron chi connectivity index (χ3n) is 4.08. The number of rotatable bonds is 6. The molecule has 0 bridgehead atoms. The van der Waals surface area contributed by atoms with Crippen LogP contribution in [0.5, 0.6) is 0 Å². The van der Waals surface area contributed by atoms with Gasteiger partial charge in [0.2, 0.25) is 5.91 Å². The van der Waals surface area contributed by atoms with E-state index < -0.39 is 0 Å². The number of amides is 1. The van der Waals surface area contributed by atoms with E-state index in [1.807, 2.05) is 12.3 Å². The Kier molecular flexibility index (Phi) is 6.62. The topological polar surface area (TPSA) is 59.0 Å². The average molecular weight is 335 g/mol. The predicted molar refractivity (Wildman–Crippen MR) is 92.5 cm³/mol. The Morgan fingerprint density at radius 1 is 1.35 bits per heavy atom. The molecule has 1 aliphatic rings. The van der Waals surface area contributed by atoms with Gasteiger partial charge in [-0.1, -0.05) is 30.3 Å². The smallest absolute Gasteiger partial charge is 0.237 e. The van der Waals surface area contributed by atoms with Crippen molar-refractivity contribution in [3.05, 3.63) is 54.1 Å². The number of aryl methyl sites for hydroxylation is 2. The highest BCUT2D eigenvalue weighted by molar-refractivity contribution is 5.85. The second kappa shape index (κ2) is 8.70. The molecule has 1 aromatic heterocycles. The fourth-order valence-electron chi connectivity index (χ4n) is 2.80. The molecule has 2 heterocycles. The lowest BCUT2D eigenvalue weighted by Crippen LogP contribution is -2.40. The van der Waals surface area contributed by atoms with Crippen LogP contribution in [0.15, 0.2) is 42.7 Å². The van der Waals surface area contributed by atoms with Gasteiger partial charge in [-0.2, -0.15) is 0 Å². The van der Waals surface area contributed by atoms with Crippen LogP contribution in [0.25, 0.3) is 0 Å². The SMILES string of the molecule is Cl.O=C(NCc1nccn1CCc1ccccc1)[C@@H]1CCCN1. The van der Waals surface area contributed by atoms with Crippen molar-refractivity contribution in [1.82, 2.24) is 20.2 Å². The Balaban J connectivity index is 0.00000192. The highest BCUT2D eigenvalue weighted by Crippen LogP contribution is 2.06. The Morgan fingerprint density at radius 3 is 2.91 bits per heavy atom. The highest BCUT2D eigenvalue weighted by atomic mass is 35.5. The number of nitrogens with one attached hydrogen (secondary N) is 2. The first kappa shape index (κ1) is 17.5. The molecule has 5 nitrogen and oxygen atoms in total. The van der Waals surface area contributed by atoms with Crippen LogP contribution < -0.4 is 10.6 Å². The number of aromatic nitrogens is 2. The number of halogens is 1. The third kappa shape index (κ3) is 4.81. The van der Waals surface area contributed by atoms with E-state index in [4.69, 9.17) is 0 Å². The molecule has 1 fully saturated rings. The molecule has 124 valence electrons. The zero-order valence-corrected chi connectivity index (χ0v) is 13.9. The molecule has 23 heavy (non-hydrogen) atoms. The summed E-state index contributed by atoms with van der Waals surface area (Å²) >= 11 is 0. The molecule has 0 radical (unpaired) electrons. The number of benzene rings is 1. The molecule has 6 heteroatoms. The first-order valence-corrected chi connectivity index (χ1v) is 7.88. The molecule has 1 aromatic carbocycles. The minimum atomic E-state index is -0.0345. The third-order valence-corrected chi connectivity index (χ3v) is 4.08. The Bertz CT molecular complexity index is 608. The van der Waals surface area contributed by atoms with Crippen LogP contribution in [0.2, 0.25) is 0 Å². The molecular weight excluding hydrogens is 312 g/mol. The Morgan fingerprint density at radius 2 is 2.17 bits per heavy atom. The van der Waals surface area contributed by atoms with Crippen LogP contribution >= 0.6 is 12.4 Å². The monoisotopic (exact) mass is 334 g/mol. The van der Waals surface area contributed by atoms with E-state index in [1.165, 1.54) is 5.56 Å². The van der Waals surface area contributed by atoms with Gasteiger partial charge >= 0.3 is 0 Å². The fraction of sp³-hybridized carbons (Fsp3) is 0.412.